The normalized spacial score (nSPS) is 10.5. The number of amides is 1. The fraction of sp³-hybridized carbons (Fsp3) is 0. The number of anilines is 1. The third-order valence-electron chi connectivity index (χ3n) is 3.16. The highest BCUT2D eigenvalue weighted by Gasteiger charge is 2.13. The Morgan fingerprint density at radius 1 is 1.26 bits per heavy atom. The largest absolute Gasteiger partial charge is 0.507 e. The Morgan fingerprint density at radius 3 is 2.74 bits per heavy atom. The Bertz CT molecular complexity index is 866. The van der Waals surface area contributed by atoms with E-state index in [9.17, 15) is 14.3 Å². The van der Waals surface area contributed by atoms with Crippen LogP contribution in [0.4, 0.5) is 10.1 Å². The van der Waals surface area contributed by atoms with Gasteiger partial charge in [-0.15, -0.1) is 0 Å². The number of aromatic nitrogens is 2. The number of nitrogens with zero attached hydrogens (tertiary/aromatic N) is 2. The van der Waals surface area contributed by atoms with Crippen molar-refractivity contribution < 1.29 is 14.3 Å². The Balaban J connectivity index is 1.83. The van der Waals surface area contributed by atoms with E-state index in [0.29, 0.717) is 4.47 Å². The number of hydrogen-bond donors (Lipinski definition) is 2. The molecular weight excluding hydrogens is 365 g/mol. The second-order valence-electron chi connectivity index (χ2n) is 4.73. The molecule has 0 radical (unpaired) electrons. The van der Waals surface area contributed by atoms with Crippen molar-refractivity contribution in [1.29, 1.82) is 0 Å². The molecule has 2 N–H and O–H groups in total. The molecule has 1 heterocycles. The number of benzene rings is 2. The molecule has 0 aliphatic rings. The molecule has 0 saturated heterocycles. The first-order valence-electron chi connectivity index (χ1n) is 6.64. The maximum Gasteiger partial charge on any atom is 0.259 e. The van der Waals surface area contributed by atoms with Crippen molar-refractivity contribution >= 4 is 27.5 Å². The molecule has 3 rings (SSSR count). The topological polar surface area (TPSA) is 67.2 Å². The van der Waals surface area contributed by atoms with Crippen LogP contribution in [0.25, 0.3) is 5.69 Å². The Hall–Kier alpha value is -2.67. The summed E-state index contributed by atoms with van der Waals surface area (Å²) in [6.45, 7) is 0. The number of nitrogens with one attached hydrogen (secondary N) is 1. The highest BCUT2D eigenvalue weighted by Crippen LogP contribution is 2.24. The number of carbonyl (C=O) groups is 1. The summed E-state index contributed by atoms with van der Waals surface area (Å²) in [5.41, 5.74) is 0.662. The second kappa shape index (κ2) is 6.21. The smallest absolute Gasteiger partial charge is 0.259 e. The van der Waals surface area contributed by atoms with Gasteiger partial charge in [0.2, 0.25) is 0 Å². The van der Waals surface area contributed by atoms with Crippen LogP contribution in [0.3, 0.4) is 0 Å². The lowest BCUT2D eigenvalue weighted by atomic mass is 10.2. The Labute approximate surface area is 139 Å². The zero-order valence-corrected chi connectivity index (χ0v) is 13.3. The lowest BCUT2D eigenvalue weighted by molar-refractivity contribution is 0.102. The van der Waals surface area contributed by atoms with Crippen molar-refractivity contribution in [3.05, 3.63) is 70.7 Å². The molecule has 0 unspecified atom stereocenters. The summed E-state index contributed by atoms with van der Waals surface area (Å²) in [5, 5.41) is 16.3. The molecule has 0 atom stereocenters. The maximum atomic E-state index is 14.1. The number of rotatable bonds is 3. The second-order valence-corrected chi connectivity index (χ2v) is 5.65. The molecule has 2 aromatic carbocycles. The lowest BCUT2D eigenvalue weighted by Gasteiger charge is -2.09. The van der Waals surface area contributed by atoms with Crippen molar-refractivity contribution in [2.24, 2.45) is 0 Å². The van der Waals surface area contributed by atoms with Gasteiger partial charge < -0.3 is 10.4 Å². The van der Waals surface area contributed by atoms with Crippen LogP contribution in [0, 0.1) is 5.82 Å². The van der Waals surface area contributed by atoms with E-state index >= 15 is 0 Å². The minimum atomic E-state index is -0.527. The zero-order chi connectivity index (χ0) is 16.4. The molecular formula is C16H11BrFN3O2. The van der Waals surface area contributed by atoms with Crippen LogP contribution >= 0.6 is 15.9 Å². The van der Waals surface area contributed by atoms with E-state index in [-0.39, 0.29) is 22.7 Å². The van der Waals surface area contributed by atoms with Gasteiger partial charge in [0.1, 0.15) is 11.4 Å². The fourth-order valence-corrected chi connectivity index (χ4v) is 2.43. The number of hydrogen-bond acceptors (Lipinski definition) is 3. The fourth-order valence-electron chi connectivity index (χ4n) is 2.08. The van der Waals surface area contributed by atoms with Crippen molar-refractivity contribution in [2.45, 2.75) is 0 Å². The van der Waals surface area contributed by atoms with Crippen LogP contribution in [0.5, 0.6) is 5.75 Å². The first-order valence-corrected chi connectivity index (χ1v) is 7.43. The maximum absolute atomic E-state index is 14.1. The average molecular weight is 376 g/mol. The number of phenols is 1. The van der Waals surface area contributed by atoms with Crippen molar-refractivity contribution in [3.63, 3.8) is 0 Å². The third-order valence-corrected chi connectivity index (χ3v) is 3.65. The first-order chi connectivity index (χ1) is 11.0. The van der Waals surface area contributed by atoms with E-state index in [1.54, 1.807) is 30.6 Å². The minimum Gasteiger partial charge on any atom is -0.507 e. The predicted octanol–water partition coefficient (Wildman–Crippen LogP) is 3.73. The molecule has 0 bridgehead atoms. The van der Waals surface area contributed by atoms with Crippen LogP contribution in [-0.2, 0) is 0 Å². The summed E-state index contributed by atoms with van der Waals surface area (Å²) < 4.78 is 16.2. The lowest BCUT2D eigenvalue weighted by Crippen LogP contribution is -2.12. The van der Waals surface area contributed by atoms with Gasteiger partial charge >= 0.3 is 0 Å². The van der Waals surface area contributed by atoms with E-state index in [2.05, 4.69) is 26.3 Å². The molecule has 116 valence electrons. The highest BCUT2D eigenvalue weighted by atomic mass is 79.9. The molecule has 0 aliphatic heterocycles. The van der Waals surface area contributed by atoms with Crippen molar-refractivity contribution in [3.8, 4) is 11.4 Å². The molecule has 3 aromatic rings. The standard InChI is InChI=1S/C16H11BrFN3O2/c17-10-2-4-12(15(22)8-10)16(23)20-11-3-5-14(13(18)9-11)21-7-1-6-19-21/h1-9,22H,(H,20,23). The third kappa shape index (κ3) is 3.24. The monoisotopic (exact) mass is 375 g/mol. The van der Waals surface area contributed by atoms with E-state index < -0.39 is 11.7 Å². The quantitative estimate of drug-likeness (QED) is 0.732. The van der Waals surface area contributed by atoms with Gasteiger partial charge in [0.25, 0.3) is 5.91 Å². The Morgan fingerprint density at radius 2 is 2.09 bits per heavy atom. The predicted molar refractivity (Wildman–Crippen MR) is 87.3 cm³/mol. The number of halogens is 2. The zero-order valence-electron chi connectivity index (χ0n) is 11.7. The molecule has 1 aromatic heterocycles. The van der Waals surface area contributed by atoms with Gasteiger partial charge in [0.15, 0.2) is 5.82 Å². The van der Waals surface area contributed by atoms with Gasteiger partial charge in [-0.1, -0.05) is 15.9 Å². The van der Waals surface area contributed by atoms with Gasteiger partial charge in [-0.05, 0) is 42.5 Å². The van der Waals surface area contributed by atoms with Crippen molar-refractivity contribution in [1.82, 2.24) is 9.78 Å². The van der Waals surface area contributed by atoms with E-state index in [0.717, 1.165) is 0 Å². The van der Waals surface area contributed by atoms with E-state index in [4.69, 9.17) is 0 Å². The average Bonchev–Trinajstić information content (AvgIpc) is 3.01. The summed E-state index contributed by atoms with van der Waals surface area (Å²) in [4.78, 5) is 12.1. The van der Waals surface area contributed by atoms with E-state index in [1.807, 2.05) is 0 Å². The highest BCUT2D eigenvalue weighted by molar-refractivity contribution is 9.10. The van der Waals surface area contributed by atoms with E-state index in [1.165, 1.54) is 28.9 Å². The molecule has 23 heavy (non-hydrogen) atoms. The number of phenolic OH excluding ortho intramolecular Hbond substituents is 1. The van der Waals surface area contributed by atoms with Crippen LogP contribution in [0.1, 0.15) is 10.4 Å². The summed E-state index contributed by atoms with van der Waals surface area (Å²) >= 11 is 3.20. The summed E-state index contributed by atoms with van der Waals surface area (Å²) in [7, 11) is 0. The number of aromatic hydroxyl groups is 1. The van der Waals surface area contributed by atoms with Gasteiger partial charge in [-0.2, -0.15) is 5.10 Å². The SMILES string of the molecule is O=C(Nc1ccc(-n2cccn2)c(F)c1)c1ccc(Br)cc1O. The minimum absolute atomic E-state index is 0.102. The molecule has 0 spiro atoms. The molecule has 5 nitrogen and oxygen atoms in total. The number of carbonyl (C=O) groups excluding carboxylic acids is 1. The Kier molecular flexibility index (Phi) is 4.12. The van der Waals surface area contributed by atoms with Gasteiger partial charge in [0, 0.05) is 22.6 Å². The van der Waals surface area contributed by atoms with Crippen LogP contribution in [0.15, 0.2) is 59.3 Å². The molecule has 1 amide bonds. The summed E-state index contributed by atoms with van der Waals surface area (Å²) in [5.74, 6) is -1.21. The summed E-state index contributed by atoms with van der Waals surface area (Å²) in [6, 6.07) is 10.5. The van der Waals surface area contributed by atoms with Gasteiger partial charge in [-0.3, -0.25) is 4.79 Å². The van der Waals surface area contributed by atoms with Crippen LogP contribution < -0.4 is 5.32 Å². The van der Waals surface area contributed by atoms with Crippen LogP contribution in [0.2, 0.25) is 0 Å². The summed E-state index contributed by atoms with van der Waals surface area (Å²) in [6.07, 6.45) is 3.17. The van der Waals surface area contributed by atoms with Crippen molar-refractivity contribution in [2.75, 3.05) is 5.32 Å². The molecule has 0 fully saturated rings. The van der Waals surface area contributed by atoms with Crippen LogP contribution in [-0.4, -0.2) is 20.8 Å². The molecule has 0 saturated carbocycles. The molecule has 0 aliphatic carbocycles. The van der Waals surface area contributed by atoms with Gasteiger partial charge in [0.05, 0.1) is 5.56 Å². The van der Waals surface area contributed by atoms with Gasteiger partial charge in [-0.25, -0.2) is 9.07 Å². The molecule has 7 heteroatoms. The first kappa shape index (κ1) is 15.2.